The Bertz CT molecular complexity index is 284. The van der Waals surface area contributed by atoms with Crippen LogP contribution in [0.4, 0.5) is 0 Å². The molecule has 1 aromatic rings. The highest BCUT2D eigenvalue weighted by Crippen LogP contribution is 2.07. The number of carbonyl (C=O) groups is 1. The zero-order valence-electron chi connectivity index (χ0n) is 6.95. The number of nitrogens with zero attached hydrogens (tertiary/aromatic N) is 1. The molecule has 0 saturated carbocycles. The average Bonchev–Trinajstić information content (AvgIpc) is 2.05. The summed E-state index contributed by atoms with van der Waals surface area (Å²) in [6.45, 7) is 2.01. The van der Waals surface area contributed by atoms with Crippen molar-refractivity contribution in [3.8, 4) is 0 Å². The summed E-state index contributed by atoms with van der Waals surface area (Å²) in [6, 6.07) is 3.57. The van der Waals surface area contributed by atoms with E-state index in [1.165, 1.54) is 6.20 Å². The van der Waals surface area contributed by atoms with E-state index in [0.29, 0.717) is 0 Å². The van der Waals surface area contributed by atoms with Crippen molar-refractivity contribution in [2.75, 3.05) is 0 Å². The molecule has 1 heterocycles. The van der Waals surface area contributed by atoms with Crippen molar-refractivity contribution in [2.45, 2.75) is 19.8 Å². The first kappa shape index (κ1) is 8.71. The van der Waals surface area contributed by atoms with E-state index in [4.69, 9.17) is 5.11 Å². The van der Waals surface area contributed by atoms with Gasteiger partial charge in [-0.05, 0) is 18.1 Å². The molecule has 0 unspecified atom stereocenters. The topological polar surface area (TPSA) is 50.2 Å². The number of aryl methyl sites for hydroxylation is 1. The van der Waals surface area contributed by atoms with E-state index >= 15 is 0 Å². The largest absolute Gasteiger partial charge is 0.477 e. The SMILES string of the molecule is CCCc1cccnc1C(=O)O. The van der Waals surface area contributed by atoms with Gasteiger partial charge < -0.3 is 5.11 Å². The second kappa shape index (κ2) is 3.85. The van der Waals surface area contributed by atoms with Crippen LogP contribution in [0.3, 0.4) is 0 Å². The predicted octanol–water partition coefficient (Wildman–Crippen LogP) is 1.73. The third-order valence-corrected chi connectivity index (χ3v) is 1.61. The Morgan fingerprint density at radius 1 is 1.67 bits per heavy atom. The van der Waals surface area contributed by atoms with Gasteiger partial charge in [0, 0.05) is 6.20 Å². The molecular formula is C9H11NO2. The van der Waals surface area contributed by atoms with Crippen molar-refractivity contribution >= 4 is 5.97 Å². The lowest BCUT2D eigenvalue weighted by molar-refractivity contribution is 0.0689. The van der Waals surface area contributed by atoms with Crippen molar-refractivity contribution in [1.82, 2.24) is 4.98 Å². The predicted molar refractivity (Wildman–Crippen MR) is 45.2 cm³/mol. The Hall–Kier alpha value is -1.38. The van der Waals surface area contributed by atoms with Crippen LogP contribution in [0.5, 0.6) is 0 Å². The first-order valence-electron chi connectivity index (χ1n) is 3.93. The monoisotopic (exact) mass is 165 g/mol. The number of rotatable bonds is 3. The highest BCUT2D eigenvalue weighted by Gasteiger charge is 2.08. The highest BCUT2D eigenvalue weighted by molar-refractivity contribution is 5.86. The minimum absolute atomic E-state index is 0.180. The van der Waals surface area contributed by atoms with Gasteiger partial charge in [-0.2, -0.15) is 0 Å². The quantitative estimate of drug-likeness (QED) is 0.742. The van der Waals surface area contributed by atoms with Gasteiger partial charge in [0.2, 0.25) is 0 Å². The first-order valence-corrected chi connectivity index (χ1v) is 3.93. The summed E-state index contributed by atoms with van der Waals surface area (Å²) >= 11 is 0. The summed E-state index contributed by atoms with van der Waals surface area (Å²) in [5.41, 5.74) is 0.992. The summed E-state index contributed by atoms with van der Waals surface area (Å²) in [6.07, 6.45) is 3.21. The summed E-state index contributed by atoms with van der Waals surface area (Å²) in [4.78, 5) is 14.4. The fourth-order valence-electron chi connectivity index (χ4n) is 1.10. The number of hydrogen-bond donors (Lipinski definition) is 1. The standard InChI is InChI=1S/C9H11NO2/c1-2-4-7-5-3-6-10-8(7)9(11)12/h3,5-6H,2,4H2,1H3,(H,11,12). The van der Waals surface area contributed by atoms with Crippen molar-refractivity contribution in [1.29, 1.82) is 0 Å². The molecule has 0 bridgehead atoms. The molecule has 0 aliphatic heterocycles. The third-order valence-electron chi connectivity index (χ3n) is 1.61. The Labute approximate surface area is 71.1 Å². The van der Waals surface area contributed by atoms with Crippen LogP contribution in [0.2, 0.25) is 0 Å². The fraction of sp³-hybridized carbons (Fsp3) is 0.333. The van der Waals surface area contributed by atoms with Gasteiger partial charge in [-0.15, -0.1) is 0 Å². The van der Waals surface area contributed by atoms with E-state index in [9.17, 15) is 4.79 Å². The van der Waals surface area contributed by atoms with Gasteiger partial charge in [-0.1, -0.05) is 19.4 Å². The molecule has 0 aliphatic carbocycles. The molecule has 0 amide bonds. The molecule has 0 spiro atoms. The molecule has 0 saturated heterocycles. The first-order chi connectivity index (χ1) is 5.75. The Kier molecular flexibility index (Phi) is 2.80. The van der Waals surface area contributed by atoms with Gasteiger partial charge in [-0.25, -0.2) is 9.78 Å². The van der Waals surface area contributed by atoms with Gasteiger partial charge in [-0.3, -0.25) is 0 Å². The van der Waals surface area contributed by atoms with Crippen LogP contribution < -0.4 is 0 Å². The normalized spacial score (nSPS) is 9.75. The van der Waals surface area contributed by atoms with E-state index < -0.39 is 5.97 Å². The lowest BCUT2D eigenvalue weighted by Gasteiger charge is -2.01. The molecule has 1 aromatic heterocycles. The molecular weight excluding hydrogens is 154 g/mol. The Morgan fingerprint density at radius 3 is 3.00 bits per heavy atom. The van der Waals surface area contributed by atoms with Crippen molar-refractivity contribution in [3.05, 3.63) is 29.6 Å². The van der Waals surface area contributed by atoms with Gasteiger partial charge in [0.25, 0.3) is 0 Å². The molecule has 0 atom stereocenters. The molecule has 3 nitrogen and oxygen atoms in total. The smallest absolute Gasteiger partial charge is 0.354 e. The van der Waals surface area contributed by atoms with Crippen molar-refractivity contribution < 1.29 is 9.90 Å². The van der Waals surface area contributed by atoms with Crippen molar-refractivity contribution in [3.63, 3.8) is 0 Å². The number of carboxylic acids is 1. The molecule has 0 fully saturated rings. The maximum Gasteiger partial charge on any atom is 0.354 e. The average molecular weight is 165 g/mol. The summed E-state index contributed by atoms with van der Waals surface area (Å²) < 4.78 is 0. The minimum atomic E-state index is -0.945. The van der Waals surface area contributed by atoms with Crippen LogP contribution in [0, 0.1) is 0 Å². The Morgan fingerprint density at radius 2 is 2.42 bits per heavy atom. The molecule has 0 radical (unpaired) electrons. The summed E-state index contributed by atoms with van der Waals surface area (Å²) in [7, 11) is 0. The molecule has 3 heteroatoms. The van der Waals surface area contributed by atoms with Gasteiger partial charge in [0.05, 0.1) is 0 Å². The number of carboxylic acid groups (broad SMARTS) is 1. The minimum Gasteiger partial charge on any atom is -0.477 e. The zero-order valence-corrected chi connectivity index (χ0v) is 6.95. The second-order valence-electron chi connectivity index (χ2n) is 2.57. The van der Waals surface area contributed by atoms with E-state index in [1.807, 2.05) is 6.92 Å². The third kappa shape index (κ3) is 1.81. The van der Waals surface area contributed by atoms with E-state index in [1.54, 1.807) is 12.1 Å². The summed E-state index contributed by atoms with van der Waals surface area (Å²) in [5.74, 6) is -0.945. The molecule has 1 N–H and O–H groups in total. The van der Waals surface area contributed by atoms with E-state index in [-0.39, 0.29) is 5.69 Å². The van der Waals surface area contributed by atoms with E-state index in [2.05, 4.69) is 4.98 Å². The second-order valence-corrected chi connectivity index (χ2v) is 2.57. The van der Waals surface area contributed by atoms with Crippen LogP contribution in [0.1, 0.15) is 29.4 Å². The number of hydrogen-bond acceptors (Lipinski definition) is 2. The van der Waals surface area contributed by atoms with Crippen LogP contribution in [0.15, 0.2) is 18.3 Å². The maximum absolute atomic E-state index is 10.6. The lowest BCUT2D eigenvalue weighted by atomic mass is 10.1. The van der Waals surface area contributed by atoms with Crippen LogP contribution in [-0.4, -0.2) is 16.1 Å². The Balaban J connectivity index is 3.00. The van der Waals surface area contributed by atoms with Crippen LogP contribution in [-0.2, 0) is 6.42 Å². The molecule has 0 aliphatic rings. The van der Waals surface area contributed by atoms with Gasteiger partial charge in [0.15, 0.2) is 5.69 Å². The molecule has 64 valence electrons. The van der Waals surface area contributed by atoms with Gasteiger partial charge in [0.1, 0.15) is 0 Å². The molecule has 1 rings (SSSR count). The van der Waals surface area contributed by atoms with Crippen LogP contribution in [0.25, 0.3) is 0 Å². The molecule has 0 aromatic carbocycles. The highest BCUT2D eigenvalue weighted by atomic mass is 16.4. The molecule has 12 heavy (non-hydrogen) atoms. The van der Waals surface area contributed by atoms with Crippen molar-refractivity contribution in [2.24, 2.45) is 0 Å². The number of pyridine rings is 1. The fourth-order valence-corrected chi connectivity index (χ4v) is 1.10. The van der Waals surface area contributed by atoms with E-state index in [0.717, 1.165) is 18.4 Å². The number of aromatic carboxylic acids is 1. The summed E-state index contributed by atoms with van der Waals surface area (Å²) in [5, 5.41) is 8.73. The number of aromatic nitrogens is 1. The lowest BCUT2D eigenvalue weighted by Crippen LogP contribution is -2.04. The van der Waals surface area contributed by atoms with Gasteiger partial charge >= 0.3 is 5.97 Å². The van der Waals surface area contributed by atoms with Crippen LogP contribution >= 0.6 is 0 Å². The zero-order chi connectivity index (χ0) is 8.97. The maximum atomic E-state index is 10.6.